The minimum atomic E-state index is 0. The Bertz CT molecular complexity index is 419. The number of nitrogens with zero attached hydrogens (tertiary/aromatic N) is 1. The van der Waals surface area contributed by atoms with Crippen molar-refractivity contribution >= 4 is 12.4 Å². The summed E-state index contributed by atoms with van der Waals surface area (Å²) in [6, 6.07) is 7.68. The Labute approximate surface area is 116 Å². The molecule has 1 unspecified atom stereocenters. The maximum Gasteiger partial charge on any atom is 0.115 e. The molecule has 0 radical (unpaired) electrons. The Kier molecular flexibility index (Phi) is 5.24. The fourth-order valence-corrected chi connectivity index (χ4v) is 2.65. The molecule has 2 nitrogen and oxygen atoms in total. The van der Waals surface area contributed by atoms with E-state index in [-0.39, 0.29) is 17.8 Å². The van der Waals surface area contributed by atoms with Crippen LogP contribution in [-0.2, 0) is 5.41 Å². The van der Waals surface area contributed by atoms with Gasteiger partial charge in [0.25, 0.3) is 0 Å². The van der Waals surface area contributed by atoms with E-state index >= 15 is 0 Å². The van der Waals surface area contributed by atoms with Crippen molar-refractivity contribution in [1.82, 2.24) is 4.90 Å². The number of rotatable bonds is 2. The summed E-state index contributed by atoms with van der Waals surface area (Å²) in [7, 11) is 2.17. The Morgan fingerprint density at radius 2 is 2.17 bits per heavy atom. The fraction of sp³-hybridized carbons (Fsp3) is 0.467. The number of phenols is 1. The molecule has 1 aromatic carbocycles. The van der Waals surface area contributed by atoms with E-state index in [1.165, 1.54) is 5.56 Å². The van der Waals surface area contributed by atoms with Crippen LogP contribution in [0.25, 0.3) is 0 Å². The van der Waals surface area contributed by atoms with Crippen LogP contribution in [0, 0.1) is 0 Å². The summed E-state index contributed by atoms with van der Waals surface area (Å²) in [5, 5.41) is 9.65. The highest BCUT2D eigenvalue weighted by Gasteiger charge is 2.30. The van der Waals surface area contributed by atoms with Crippen molar-refractivity contribution in [3.8, 4) is 5.75 Å². The number of hydrogen-bond donors (Lipinski definition) is 1. The topological polar surface area (TPSA) is 23.5 Å². The van der Waals surface area contributed by atoms with E-state index in [1.807, 2.05) is 12.1 Å². The molecule has 1 atom stereocenters. The molecule has 2 rings (SSSR count). The van der Waals surface area contributed by atoms with Gasteiger partial charge in [0.2, 0.25) is 0 Å². The Morgan fingerprint density at radius 3 is 2.83 bits per heavy atom. The zero-order valence-electron chi connectivity index (χ0n) is 11.1. The molecule has 100 valence electrons. The molecule has 1 aliphatic rings. The normalized spacial score (nSPS) is 24.3. The van der Waals surface area contributed by atoms with Crippen LogP contribution in [0.3, 0.4) is 0 Å². The van der Waals surface area contributed by atoms with Crippen LogP contribution in [0.15, 0.2) is 36.4 Å². The Balaban J connectivity index is 0.00000162. The number of hydrogen-bond acceptors (Lipinski definition) is 2. The van der Waals surface area contributed by atoms with E-state index < -0.39 is 0 Å². The summed E-state index contributed by atoms with van der Waals surface area (Å²) in [6.45, 7) is 4.34. The van der Waals surface area contributed by atoms with Gasteiger partial charge in [0, 0.05) is 18.5 Å². The Hall–Kier alpha value is -0.990. The van der Waals surface area contributed by atoms with Gasteiger partial charge in [0.15, 0.2) is 0 Å². The Morgan fingerprint density at radius 1 is 1.39 bits per heavy atom. The van der Waals surface area contributed by atoms with Crippen molar-refractivity contribution in [1.29, 1.82) is 0 Å². The highest BCUT2D eigenvalue weighted by molar-refractivity contribution is 5.85. The predicted molar refractivity (Wildman–Crippen MR) is 78.6 cm³/mol. The molecule has 1 N–H and O–H groups in total. The van der Waals surface area contributed by atoms with Gasteiger partial charge in [-0.1, -0.05) is 31.2 Å². The van der Waals surface area contributed by atoms with E-state index in [9.17, 15) is 5.11 Å². The zero-order chi connectivity index (χ0) is 12.3. The highest BCUT2D eigenvalue weighted by atomic mass is 35.5. The quantitative estimate of drug-likeness (QED) is 0.831. The van der Waals surface area contributed by atoms with Crippen LogP contribution >= 0.6 is 12.4 Å². The standard InChI is InChI=1S/C15H21NO.ClH/c1-3-15(9-4-5-10-16(2)12-15)13-7-6-8-14(17)11-13;/h4,6-9,11,17H,3,5,10,12H2,1-2H3;1H. The van der Waals surface area contributed by atoms with Crippen LogP contribution in [0.5, 0.6) is 5.75 Å². The second-order valence-corrected chi connectivity index (χ2v) is 4.99. The van der Waals surface area contributed by atoms with Gasteiger partial charge in [-0.2, -0.15) is 0 Å². The lowest BCUT2D eigenvalue weighted by molar-refractivity contribution is 0.282. The van der Waals surface area contributed by atoms with Gasteiger partial charge in [-0.05, 0) is 37.6 Å². The summed E-state index contributed by atoms with van der Waals surface area (Å²) in [4.78, 5) is 2.37. The van der Waals surface area contributed by atoms with Crippen LogP contribution in [-0.4, -0.2) is 30.1 Å². The SMILES string of the molecule is CCC1(c2cccc(O)c2)C=CCCN(C)C1.Cl. The van der Waals surface area contributed by atoms with Crippen molar-refractivity contribution in [3.63, 3.8) is 0 Å². The third-order valence-corrected chi connectivity index (χ3v) is 3.72. The maximum atomic E-state index is 9.65. The first-order chi connectivity index (χ1) is 8.16. The molecule has 1 aromatic rings. The van der Waals surface area contributed by atoms with Gasteiger partial charge in [-0.25, -0.2) is 0 Å². The summed E-state index contributed by atoms with van der Waals surface area (Å²) >= 11 is 0. The molecular weight excluding hydrogens is 246 g/mol. The number of halogens is 1. The van der Waals surface area contributed by atoms with Gasteiger partial charge in [-0.15, -0.1) is 12.4 Å². The molecule has 0 bridgehead atoms. The lowest BCUT2D eigenvalue weighted by Gasteiger charge is -2.33. The summed E-state index contributed by atoms with van der Waals surface area (Å²) < 4.78 is 0. The van der Waals surface area contributed by atoms with Crippen molar-refractivity contribution < 1.29 is 5.11 Å². The van der Waals surface area contributed by atoms with Gasteiger partial charge >= 0.3 is 0 Å². The molecule has 0 saturated carbocycles. The molecule has 1 aliphatic heterocycles. The average molecular weight is 268 g/mol. The average Bonchev–Trinajstić information content (AvgIpc) is 2.52. The molecule has 0 saturated heterocycles. The van der Waals surface area contributed by atoms with E-state index in [0.29, 0.717) is 5.75 Å². The molecule has 0 aliphatic carbocycles. The van der Waals surface area contributed by atoms with Crippen molar-refractivity contribution in [2.75, 3.05) is 20.1 Å². The first-order valence-electron chi connectivity index (χ1n) is 6.32. The minimum absolute atomic E-state index is 0. The second-order valence-electron chi connectivity index (χ2n) is 4.99. The van der Waals surface area contributed by atoms with E-state index in [0.717, 1.165) is 25.9 Å². The molecule has 0 aromatic heterocycles. The third-order valence-electron chi connectivity index (χ3n) is 3.72. The van der Waals surface area contributed by atoms with Crippen molar-refractivity contribution in [3.05, 3.63) is 42.0 Å². The van der Waals surface area contributed by atoms with Crippen molar-refractivity contribution in [2.24, 2.45) is 0 Å². The van der Waals surface area contributed by atoms with E-state index in [2.05, 4.69) is 37.1 Å². The molecule has 0 amide bonds. The van der Waals surface area contributed by atoms with Gasteiger partial charge in [0.05, 0.1) is 0 Å². The van der Waals surface area contributed by atoms with Gasteiger partial charge < -0.3 is 10.0 Å². The fourth-order valence-electron chi connectivity index (χ4n) is 2.65. The smallest absolute Gasteiger partial charge is 0.115 e. The first-order valence-corrected chi connectivity index (χ1v) is 6.32. The van der Waals surface area contributed by atoms with Crippen LogP contribution < -0.4 is 0 Å². The van der Waals surface area contributed by atoms with Crippen LogP contribution in [0.1, 0.15) is 25.3 Å². The minimum Gasteiger partial charge on any atom is -0.508 e. The lowest BCUT2D eigenvalue weighted by Crippen LogP contribution is -2.36. The molecule has 0 spiro atoms. The predicted octanol–water partition coefficient (Wildman–Crippen LogP) is 3.35. The molecule has 1 heterocycles. The van der Waals surface area contributed by atoms with Gasteiger partial charge in [-0.3, -0.25) is 0 Å². The van der Waals surface area contributed by atoms with Crippen LogP contribution in [0.2, 0.25) is 0 Å². The largest absolute Gasteiger partial charge is 0.508 e. The summed E-state index contributed by atoms with van der Waals surface area (Å²) in [5.41, 5.74) is 1.26. The molecular formula is C15H22ClNO. The molecule has 3 heteroatoms. The monoisotopic (exact) mass is 267 g/mol. The molecule has 18 heavy (non-hydrogen) atoms. The second kappa shape index (κ2) is 6.26. The van der Waals surface area contributed by atoms with E-state index in [4.69, 9.17) is 0 Å². The van der Waals surface area contributed by atoms with E-state index in [1.54, 1.807) is 6.07 Å². The first kappa shape index (κ1) is 15.1. The number of aromatic hydroxyl groups is 1. The summed E-state index contributed by atoms with van der Waals surface area (Å²) in [6.07, 6.45) is 6.76. The zero-order valence-corrected chi connectivity index (χ0v) is 11.9. The highest BCUT2D eigenvalue weighted by Crippen LogP contribution is 2.33. The number of phenolic OH excluding ortho intramolecular Hbond substituents is 1. The van der Waals surface area contributed by atoms with Crippen LogP contribution in [0.4, 0.5) is 0 Å². The number of benzene rings is 1. The number of likely N-dealkylation sites (N-methyl/N-ethyl adjacent to an activating group) is 1. The molecule has 0 fully saturated rings. The van der Waals surface area contributed by atoms with Crippen molar-refractivity contribution in [2.45, 2.75) is 25.2 Å². The lowest BCUT2D eigenvalue weighted by atomic mass is 9.77. The summed E-state index contributed by atoms with van der Waals surface area (Å²) in [5.74, 6) is 0.357. The maximum absolute atomic E-state index is 9.65. The third kappa shape index (κ3) is 3.06. The van der Waals surface area contributed by atoms with Gasteiger partial charge in [0.1, 0.15) is 5.75 Å².